The molecule has 0 aliphatic heterocycles. The van der Waals surface area contributed by atoms with Gasteiger partial charge in [0.15, 0.2) is 0 Å². The Labute approximate surface area is 274 Å². The summed E-state index contributed by atoms with van der Waals surface area (Å²) in [6.45, 7) is 2.68. The van der Waals surface area contributed by atoms with E-state index in [1.807, 2.05) is 0 Å². The monoisotopic (exact) mass is 630 g/mol. The summed E-state index contributed by atoms with van der Waals surface area (Å²) in [5.74, 6) is -23.4. The molecule has 0 nitrogen and oxygen atoms in total. The molecule has 0 saturated carbocycles. The zero-order chi connectivity index (χ0) is 30.9. The molecule has 42 heavy (non-hydrogen) atoms. The minimum atomic E-state index is -5.22. The molecule has 4 aromatic rings. The van der Waals surface area contributed by atoms with Crippen molar-refractivity contribution < 1.29 is 104 Å². The Morgan fingerprint density at radius 2 is 0.500 bits per heavy atom. The molecular weight excluding hydrogens is 614 g/mol. The van der Waals surface area contributed by atoms with Gasteiger partial charge in [-0.25, -0.2) is 52.7 Å². The maximum Gasteiger partial charge on any atom is 1.00 e. The molecule has 0 radical (unpaired) electrons. The zero-order valence-electron chi connectivity index (χ0n) is 22.4. The van der Waals surface area contributed by atoms with Gasteiger partial charge in [-0.2, -0.15) is 0 Å². The SMILES string of the molecule is Cc1c(F)cc(F)c([B-](c2c(F)cc(F)c(C)c2F)(c2c(F)cc(F)c(C)c2F)c2c(F)cc(F)c(C)c2F)c1F.[K+]. The fraction of sp³-hybridized carbons (Fsp3) is 0.143. The van der Waals surface area contributed by atoms with Gasteiger partial charge in [-0.05, 0) is 27.7 Å². The number of rotatable bonds is 4. The van der Waals surface area contributed by atoms with Gasteiger partial charge in [0.1, 0.15) is 29.4 Å². The number of benzene rings is 4. The van der Waals surface area contributed by atoms with Gasteiger partial charge in [0.2, 0.25) is 0 Å². The summed E-state index contributed by atoms with van der Waals surface area (Å²) in [5, 5.41) is 0. The van der Waals surface area contributed by atoms with Crippen molar-refractivity contribution in [3.05, 3.63) is 116 Å². The first-order valence-corrected chi connectivity index (χ1v) is 11.7. The van der Waals surface area contributed by atoms with Gasteiger partial charge in [0.05, 0.1) is 46.5 Å². The van der Waals surface area contributed by atoms with Crippen LogP contribution in [-0.4, -0.2) is 6.15 Å². The first-order valence-electron chi connectivity index (χ1n) is 11.7. The molecule has 0 unspecified atom stereocenters. The standard InChI is InChI=1S/C28H16BF12.K/c1-9-13(30)5-17(34)21(25(9)38)29(22-18(35)6-14(31)10(2)26(22)39,23-19(36)7-15(32)11(3)27(23)40)24-20(37)8-16(33)12(4)28(24)41;/h5-8H,1-4H3;/q-1;+1. The first kappa shape index (κ1) is 34.2. The Balaban J connectivity index is 0.00000484. The van der Waals surface area contributed by atoms with Gasteiger partial charge in [0, 0.05) is 46.5 Å². The van der Waals surface area contributed by atoms with Crippen molar-refractivity contribution in [2.45, 2.75) is 27.7 Å². The second-order valence-corrected chi connectivity index (χ2v) is 9.64. The Morgan fingerprint density at radius 1 is 0.333 bits per heavy atom. The molecule has 0 amide bonds. The zero-order valence-corrected chi connectivity index (χ0v) is 25.5. The molecule has 0 fully saturated rings. The summed E-state index contributed by atoms with van der Waals surface area (Å²) in [4.78, 5) is 0. The summed E-state index contributed by atoms with van der Waals surface area (Å²) < 4.78 is 184. The topological polar surface area (TPSA) is 0 Å². The number of halogens is 12. The Kier molecular flexibility index (Phi) is 9.80. The van der Waals surface area contributed by atoms with Crippen molar-refractivity contribution in [1.29, 1.82) is 0 Å². The van der Waals surface area contributed by atoms with Crippen molar-refractivity contribution in [2.75, 3.05) is 0 Å². The second kappa shape index (κ2) is 12.0. The molecule has 0 aliphatic rings. The van der Waals surface area contributed by atoms with Crippen LogP contribution in [0.2, 0.25) is 0 Å². The quantitative estimate of drug-likeness (QED) is 0.241. The van der Waals surface area contributed by atoms with Crippen LogP contribution in [0, 0.1) is 97.5 Å². The van der Waals surface area contributed by atoms with E-state index in [0.29, 0.717) is 27.7 Å². The maximum absolute atomic E-state index is 16.0. The van der Waals surface area contributed by atoms with E-state index in [-0.39, 0.29) is 75.7 Å². The molecule has 4 rings (SSSR count). The predicted molar refractivity (Wildman–Crippen MR) is 129 cm³/mol. The van der Waals surface area contributed by atoms with E-state index in [9.17, 15) is 17.6 Å². The number of hydrogen-bond acceptors (Lipinski definition) is 0. The average molecular weight is 630 g/mol. The molecule has 0 aliphatic carbocycles. The van der Waals surface area contributed by atoms with Crippen LogP contribution in [0.4, 0.5) is 52.7 Å². The minimum Gasteiger partial charge on any atom is -0.210 e. The van der Waals surface area contributed by atoms with Gasteiger partial charge in [-0.15, -0.1) is 21.9 Å². The smallest absolute Gasteiger partial charge is 0.210 e. The third-order valence-corrected chi connectivity index (χ3v) is 7.47. The molecule has 0 heterocycles. The van der Waals surface area contributed by atoms with Gasteiger partial charge in [-0.1, -0.05) is 0 Å². The van der Waals surface area contributed by atoms with Crippen LogP contribution in [0.25, 0.3) is 0 Å². The second-order valence-electron chi connectivity index (χ2n) is 9.64. The summed E-state index contributed by atoms with van der Waals surface area (Å²) in [5.41, 5.74) is -11.9. The van der Waals surface area contributed by atoms with Crippen LogP contribution in [0.5, 0.6) is 0 Å². The number of hydrogen-bond donors (Lipinski definition) is 0. The van der Waals surface area contributed by atoms with Crippen LogP contribution in [0.3, 0.4) is 0 Å². The molecule has 0 bridgehead atoms. The van der Waals surface area contributed by atoms with Gasteiger partial charge >= 0.3 is 51.4 Å². The van der Waals surface area contributed by atoms with E-state index < -0.39 is 120 Å². The molecule has 4 aromatic carbocycles. The molecule has 0 aromatic heterocycles. The van der Waals surface area contributed by atoms with Crippen molar-refractivity contribution in [2.24, 2.45) is 0 Å². The van der Waals surface area contributed by atoms with Gasteiger partial charge in [-0.3, -0.25) is 0 Å². The molecule has 0 N–H and O–H groups in total. The van der Waals surface area contributed by atoms with E-state index in [0.717, 1.165) is 0 Å². The Morgan fingerprint density at radius 3 is 0.667 bits per heavy atom. The van der Waals surface area contributed by atoms with E-state index in [2.05, 4.69) is 0 Å². The van der Waals surface area contributed by atoms with E-state index >= 15 is 35.1 Å². The van der Waals surface area contributed by atoms with E-state index in [1.165, 1.54) is 0 Å². The summed E-state index contributed by atoms with van der Waals surface area (Å²) in [6, 6.07) is -0.298. The predicted octanol–water partition coefficient (Wildman–Crippen LogP) is 2.97. The van der Waals surface area contributed by atoms with Crippen molar-refractivity contribution in [3.63, 3.8) is 0 Å². The molecule has 0 saturated heterocycles. The fourth-order valence-corrected chi connectivity index (χ4v) is 5.29. The molecule has 0 spiro atoms. The van der Waals surface area contributed by atoms with Crippen molar-refractivity contribution in [1.82, 2.24) is 0 Å². The van der Waals surface area contributed by atoms with Crippen LogP contribution < -0.4 is 73.2 Å². The van der Waals surface area contributed by atoms with Crippen LogP contribution in [0.15, 0.2) is 24.3 Å². The Hall–Kier alpha value is -2.26. The molecule has 216 valence electrons. The van der Waals surface area contributed by atoms with Gasteiger partial charge in [0.25, 0.3) is 0 Å². The van der Waals surface area contributed by atoms with Crippen molar-refractivity contribution >= 4 is 28.0 Å². The van der Waals surface area contributed by atoms with E-state index in [4.69, 9.17) is 0 Å². The molecule has 14 heteroatoms. The molecule has 0 atom stereocenters. The minimum absolute atomic E-state index is 0. The van der Waals surface area contributed by atoms with Crippen LogP contribution in [0.1, 0.15) is 22.3 Å². The average Bonchev–Trinajstić information content (AvgIpc) is 2.87. The third kappa shape index (κ3) is 4.92. The largest absolute Gasteiger partial charge is 1.00 e. The normalized spacial score (nSPS) is 11.6. The maximum atomic E-state index is 16.0. The summed E-state index contributed by atoms with van der Waals surface area (Å²) in [7, 11) is 0. The first-order chi connectivity index (χ1) is 19.0. The van der Waals surface area contributed by atoms with Crippen molar-refractivity contribution in [3.8, 4) is 0 Å². The third-order valence-electron chi connectivity index (χ3n) is 7.47. The van der Waals surface area contributed by atoms with Crippen LogP contribution in [-0.2, 0) is 0 Å². The van der Waals surface area contributed by atoms with Crippen LogP contribution >= 0.6 is 0 Å². The van der Waals surface area contributed by atoms with Gasteiger partial charge < -0.3 is 0 Å². The molecular formula is C28H16BF12K. The Bertz CT molecular complexity index is 1510. The summed E-state index contributed by atoms with van der Waals surface area (Å²) in [6.07, 6.45) is -5.22. The fourth-order valence-electron chi connectivity index (χ4n) is 5.29. The summed E-state index contributed by atoms with van der Waals surface area (Å²) >= 11 is 0. The van der Waals surface area contributed by atoms with E-state index in [1.54, 1.807) is 0 Å².